The number of para-hydroxylation sites is 1. The van der Waals surface area contributed by atoms with Crippen molar-refractivity contribution >= 4 is 23.5 Å². The van der Waals surface area contributed by atoms with Gasteiger partial charge in [-0.15, -0.1) is 0 Å². The highest BCUT2D eigenvalue weighted by molar-refractivity contribution is 6.04. The summed E-state index contributed by atoms with van der Waals surface area (Å²) in [6.07, 6.45) is 2.03. The number of carbonyl (C=O) groups excluding carboxylic acids is 3. The van der Waals surface area contributed by atoms with Gasteiger partial charge in [-0.05, 0) is 36.8 Å². The molecule has 0 aromatic heterocycles. The second kappa shape index (κ2) is 9.78. The maximum atomic E-state index is 12.1. The van der Waals surface area contributed by atoms with E-state index in [1.54, 1.807) is 43.3 Å². The van der Waals surface area contributed by atoms with Gasteiger partial charge in [0.15, 0.2) is 0 Å². The van der Waals surface area contributed by atoms with Gasteiger partial charge in [0.2, 0.25) is 0 Å². The van der Waals surface area contributed by atoms with Gasteiger partial charge in [-0.2, -0.15) is 0 Å². The van der Waals surface area contributed by atoms with Gasteiger partial charge >= 0.3 is 11.9 Å². The van der Waals surface area contributed by atoms with E-state index in [4.69, 9.17) is 4.74 Å². The number of esters is 2. The molecular formula is C20H19NO5. The summed E-state index contributed by atoms with van der Waals surface area (Å²) in [4.78, 5) is 34.8. The number of benzene rings is 2. The molecule has 2 aromatic rings. The quantitative estimate of drug-likeness (QED) is 0.611. The summed E-state index contributed by atoms with van der Waals surface area (Å²) in [7, 11) is 0. The van der Waals surface area contributed by atoms with Gasteiger partial charge in [0, 0.05) is 23.4 Å². The number of hydrogen-bond donors (Lipinski definition) is 1. The van der Waals surface area contributed by atoms with Crippen molar-refractivity contribution in [1.82, 2.24) is 0 Å². The lowest BCUT2D eigenvalue weighted by atomic mass is 10.1. The third-order valence-corrected chi connectivity index (χ3v) is 3.27. The average Bonchev–Trinajstić information content (AvgIpc) is 2.66. The summed E-state index contributed by atoms with van der Waals surface area (Å²) in [6, 6.07) is 15.8. The maximum absolute atomic E-state index is 12.1. The van der Waals surface area contributed by atoms with Crippen LogP contribution in [0.5, 0.6) is 0 Å². The van der Waals surface area contributed by atoms with Crippen LogP contribution in [0.4, 0.5) is 5.69 Å². The maximum Gasteiger partial charge on any atom is 0.331 e. The molecule has 1 N–H and O–H groups in total. The third-order valence-electron chi connectivity index (χ3n) is 3.27. The molecule has 0 bridgehead atoms. The molecule has 26 heavy (non-hydrogen) atoms. The Morgan fingerprint density at radius 1 is 0.885 bits per heavy atom. The van der Waals surface area contributed by atoms with Crippen LogP contribution in [0.15, 0.2) is 66.7 Å². The van der Waals surface area contributed by atoms with Crippen molar-refractivity contribution in [2.45, 2.75) is 13.5 Å². The molecule has 2 rings (SSSR count). The molecule has 0 aliphatic carbocycles. The number of anilines is 1. The Labute approximate surface area is 151 Å². The van der Waals surface area contributed by atoms with Gasteiger partial charge in [0.25, 0.3) is 5.91 Å². The van der Waals surface area contributed by atoms with Crippen LogP contribution in [-0.2, 0) is 25.7 Å². The summed E-state index contributed by atoms with van der Waals surface area (Å²) >= 11 is 0. The van der Waals surface area contributed by atoms with Crippen molar-refractivity contribution in [3.63, 3.8) is 0 Å². The van der Waals surface area contributed by atoms with Crippen LogP contribution < -0.4 is 5.32 Å². The van der Waals surface area contributed by atoms with Gasteiger partial charge in [-0.1, -0.05) is 30.3 Å². The SMILES string of the molecule is CCOC(=O)/C=C/C(=O)OCc1ccc(C(=O)Nc2ccccc2)cc1. The normalized spacial score (nSPS) is 10.3. The Morgan fingerprint density at radius 2 is 1.50 bits per heavy atom. The van der Waals surface area contributed by atoms with E-state index in [0.717, 1.165) is 17.7 Å². The molecule has 0 aliphatic heterocycles. The van der Waals surface area contributed by atoms with E-state index in [0.29, 0.717) is 11.3 Å². The molecule has 0 aliphatic rings. The van der Waals surface area contributed by atoms with Crippen LogP contribution in [-0.4, -0.2) is 24.5 Å². The summed E-state index contributed by atoms with van der Waals surface area (Å²) in [5, 5.41) is 2.79. The number of amides is 1. The zero-order valence-corrected chi connectivity index (χ0v) is 14.3. The number of rotatable bonds is 7. The highest BCUT2D eigenvalue weighted by atomic mass is 16.5. The standard InChI is InChI=1S/C20H19NO5/c1-2-25-18(22)12-13-19(23)26-14-15-8-10-16(11-9-15)20(24)21-17-6-4-3-5-7-17/h3-13H,2,14H2,1H3,(H,21,24)/b13-12+. The molecule has 0 saturated carbocycles. The Morgan fingerprint density at radius 3 is 2.12 bits per heavy atom. The van der Waals surface area contributed by atoms with E-state index >= 15 is 0 Å². The van der Waals surface area contributed by atoms with Crippen molar-refractivity contribution in [2.24, 2.45) is 0 Å². The Balaban J connectivity index is 1.84. The van der Waals surface area contributed by atoms with E-state index in [-0.39, 0.29) is 19.1 Å². The first-order chi connectivity index (χ1) is 12.6. The van der Waals surface area contributed by atoms with Gasteiger partial charge in [-0.25, -0.2) is 9.59 Å². The molecule has 0 heterocycles. The number of hydrogen-bond acceptors (Lipinski definition) is 5. The predicted molar refractivity (Wildman–Crippen MR) is 96.4 cm³/mol. The number of ether oxygens (including phenoxy) is 2. The van der Waals surface area contributed by atoms with E-state index in [9.17, 15) is 14.4 Å². The molecule has 6 heteroatoms. The summed E-state index contributed by atoms with van der Waals surface area (Å²) in [5.41, 5.74) is 1.93. The third kappa shape index (κ3) is 6.24. The van der Waals surface area contributed by atoms with Crippen LogP contribution in [0, 0.1) is 0 Å². The molecule has 0 spiro atoms. The smallest absolute Gasteiger partial charge is 0.331 e. The summed E-state index contributed by atoms with van der Waals surface area (Å²) in [6.45, 7) is 1.95. The van der Waals surface area contributed by atoms with Crippen LogP contribution in [0.3, 0.4) is 0 Å². The topological polar surface area (TPSA) is 81.7 Å². The van der Waals surface area contributed by atoms with Gasteiger partial charge in [-0.3, -0.25) is 4.79 Å². The molecule has 0 unspecified atom stereocenters. The Bertz CT molecular complexity index is 782. The first kappa shape index (κ1) is 18.9. The second-order valence-electron chi connectivity index (χ2n) is 5.21. The van der Waals surface area contributed by atoms with Crippen molar-refractivity contribution in [3.05, 3.63) is 77.9 Å². The lowest BCUT2D eigenvalue weighted by Crippen LogP contribution is -2.11. The molecule has 0 saturated heterocycles. The van der Waals surface area contributed by atoms with Crippen molar-refractivity contribution in [2.75, 3.05) is 11.9 Å². The monoisotopic (exact) mass is 353 g/mol. The first-order valence-corrected chi connectivity index (χ1v) is 8.05. The van der Waals surface area contributed by atoms with Crippen LogP contribution in [0.25, 0.3) is 0 Å². The van der Waals surface area contributed by atoms with Crippen molar-refractivity contribution in [1.29, 1.82) is 0 Å². The van der Waals surface area contributed by atoms with E-state index in [2.05, 4.69) is 10.1 Å². The fraction of sp³-hybridized carbons (Fsp3) is 0.150. The van der Waals surface area contributed by atoms with E-state index in [1.165, 1.54) is 0 Å². The molecule has 134 valence electrons. The minimum atomic E-state index is -0.649. The van der Waals surface area contributed by atoms with E-state index in [1.807, 2.05) is 18.2 Å². The predicted octanol–water partition coefficient (Wildman–Crippen LogP) is 3.10. The zero-order valence-electron chi connectivity index (χ0n) is 14.3. The van der Waals surface area contributed by atoms with Crippen LogP contribution in [0.2, 0.25) is 0 Å². The molecule has 0 atom stereocenters. The fourth-order valence-electron chi connectivity index (χ4n) is 2.01. The highest BCUT2D eigenvalue weighted by Gasteiger charge is 2.06. The highest BCUT2D eigenvalue weighted by Crippen LogP contribution is 2.10. The minimum Gasteiger partial charge on any atom is -0.463 e. The van der Waals surface area contributed by atoms with Gasteiger partial charge in [0.05, 0.1) is 6.61 Å². The van der Waals surface area contributed by atoms with Gasteiger partial charge in [0.1, 0.15) is 6.61 Å². The number of nitrogens with one attached hydrogen (secondary N) is 1. The summed E-state index contributed by atoms with van der Waals surface area (Å²) in [5.74, 6) is -1.47. The largest absolute Gasteiger partial charge is 0.463 e. The van der Waals surface area contributed by atoms with Crippen LogP contribution >= 0.6 is 0 Å². The van der Waals surface area contributed by atoms with Crippen molar-refractivity contribution in [3.8, 4) is 0 Å². The molecule has 0 fully saturated rings. The zero-order chi connectivity index (χ0) is 18.8. The lowest BCUT2D eigenvalue weighted by Gasteiger charge is -2.06. The van der Waals surface area contributed by atoms with E-state index < -0.39 is 11.9 Å². The van der Waals surface area contributed by atoms with Crippen molar-refractivity contribution < 1.29 is 23.9 Å². The molecular weight excluding hydrogens is 334 g/mol. The first-order valence-electron chi connectivity index (χ1n) is 8.05. The fourth-order valence-corrected chi connectivity index (χ4v) is 2.01. The molecule has 1 amide bonds. The minimum absolute atomic E-state index is 0.0343. The molecule has 0 radical (unpaired) electrons. The molecule has 6 nitrogen and oxygen atoms in total. The van der Waals surface area contributed by atoms with Crippen LogP contribution in [0.1, 0.15) is 22.8 Å². The second-order valence-corrected chi connectivity index (χ2v) is 5.21. The molecule has 2 aromatic carbocycles. The average molecular weight is 353 g/mol. The summed E-state index contributed by atoms with van der Waals surface area (Å²) < 4.78 is 9.68. The lowest BCUT2D eigenvalue weighted by molar-refractivity contribution is -0.141. The Kier molecular flexibility index (Phi) is 7.12. The number of carbonyl (C=O) groups is 3. The Hall–Kier alpha value is -3.41. The van der Waals surface area contributed by atoms with Gasteiger partial charge < -0.3 is 14.8 Å².